The molecule has 0 aromatic carbocycles. The van der Waals surface area contributed by atoms with Crippen LogP contribution in [0.4, 0.5) is 0 Å². The Bertz CT molecular complexity index is 707. The van der Waals surface area contributed by atoms with Crippen molar-refractivity contribution in [3.05, 3.63) is 60.8 Å². The summed E-state index contributed by atoms with van der Waals surface area (Å²) in [7, 11) is 0. The summed E-state index contributed by atoms with van der Waals surface area (Å²) < 4.78 is 0. The average Bonchev–Trinajstić information content (AvgIpc) is 2.97. The number of carbonyl (C=O) groups excluding carboxylic acids is 1. The van der Waals surface area contributed by atoms with E-state index < -0.39 is 12.1 Å². The largest absolute Gasteiger partial charge is 0.394 e. The lowest BCUT2D eigenvalue weighted by Crippen LogP contribution is -2.45. The molecule has 0 fully saturated rings. The predicted octanol–water partition coefficient (Wildman–Crippen LogP) is 9.84. The predicted molar refractivity (Wildman–Crippen MR) is 179 cm³/mol. The summed E-state index contributed by atoms with van der Waals surface area (Å²) in [5.41, 5.74) is 0. The lowest BCUT2D eigenvalue weighted by atomic mass is 10.0. The van der Waals surface area contributed by atoms with Gasteiger partial charge < -0.3 is 15.5 Å². The number of unbranched alkanes of at least 4 members (excludes halogenated alkanes) is 13. The van der Waals surface area contributed by atoms with E-state index in [1.165, 1.54) is 77.0 Å². The molecular weight excluding hydrogens is 506 g/mol. The van der Waals surface area contributed by atoms with Crippen LogP contribution in [0.5, 0.6) is 0 Å². The van der Waals surface area contributed by atoms with Gasteiger partial charge in [0.25, 0.3) is 0 Å². The zero-order valence-corrected chi connectivity index (χ0v) is 26.8. The third-order valence-electron chi connectivity index (χ3n) is 7.32. The first-order valence-electron chi connectivity index (χ1n) is 17.0. The van der Waals surface area contributed by atoms with Gasteiger partial charge in [0.2, 0.25) is 5.91 Å². The molecule has 0 radical (unpaired) electrons. The summed E-state index contributed by atoms with van der Waals surface area (Å²) in [6.45, 7) is 4.17. The Balaban J connectivity index is 3.77. The third kappa shape index (κ3) is 29.4. The summed E-state index contributed by atoms with van der Waals surface area (Å²) in [6, 6.07) is -0.591. The Hall–Kier alpha value is -1.91. The highest BCUT2D eigenvalue weighted by Gasteiger charge is 2.19. The number of nitrogens with one attached hydrogen (secondary N) is 1. The second-order valence-electron chi connectivity index (χ2n) is 11.2. The van der Waals surface area contributed by atoms with Crippen LogP contribution in [0.3, 0.4) is 0 Å². The van der Waals surface area contributed by atoms with Crippen LogP contribution >= 0.6 is 0 Å². The Morgan fingerprint density at radius 1 is 0.585 bits per heavy atom. The molecule has 0 aliphatic heterocycles. The molecular formula is C37H65NO3. The number of aliphatic hydroxyl groups excluding tert-OH is 2. The van der Waals surface area contributed by atoms with Crippen molar-refractivity contribution in [3.8, 4) is 0 Å². The molecule has 4 nitrogen and oxygen atoms in total. The molecule has 4 heteroatoms. The van der Waals surface area contributed by atoms with Gasteiger partial charge in [0.05, 0.1) is 18.8 Å². The van der Waals surface area contributed by atoms with Crippen LogP contribution in [0.1, 0.15) is 149 Å². The summed E-state index contributed by atoms with van der Waals surface area (Å²) in [6.07, 6.45) is 44.3. The zero-order valence-electron chi connectivity index (χ0n) is 26.8. The maximum Gasteiger partial charge on any atom is 0.224 e. The van der Waals surface area contributed by atoms with Crippen LogP contribution < -0.4 is 5.32 Å². The monoisotopic (exact) mass is 571 g/mol. The molecule has 0 saturated heterocycles. The molecule has 0 bridgehead atoms. The van der Waals surface area contributed by atoms with Gasteiger partial charge in [-0.15, -0.1) is 0 Å². The normalized spacial score (nSPS) is 14.0. The molecule has 2 unspecified atom stereocenters. The molecule has 0 aromatic rings. The molecule has 2 atom stereocenters. The van der Waals surface area contributed by atoms with E-state index in [0.29, 0.717) is 6.42 Å². The number of allylic oxidation sites excluding steroid dienone is 9. The highest BCUT2D eigenvalue weighted by Crippen LogP contribution is 2.14. The Kier molecular flexibility index (Phi) is 31.1. The van der Waals surface area contributed by atoms with Crippen molar-refractivity contribution >= 4 is 5.91 Å². The van der Waals surface area contributed by atoms with E-state index in [2.05, 4.69) is 67.8 Å². The molecule has 0 heterocycles. The minimum absolute atomic E-state index is 0.162. The van der Waals surface area contributed by atoms with Crippen molar-refractivity contribution in [1.82, 2.24) is 5.32 Å². The van der Waals surface area contributed by atoms with Crippen LogP contribution in [-0.4, -0.2) is 34.9 Å². The van der Waals surface area contributed by atoms with Crippen molar-refractivity contribution in [3.63, 3.8) is 0 Å². The minimum atomic E-state index is -0.699. The number of hydrogen-bond donors (Lipinski definition) is 3. The average molecular weight is 572 g/mol. The molecule has 3 N–H and O–H groups in total. The molecule has 41 heavy (non-hydrogen) atoms. The number of aliphatic hydroxyl groups is 2. The lowest BCUT2D eigenvalue weighted by molar-refractivity contribution is -0.122. The molecule has 0 spiro atoms. The van der Waals surface area contributed by atoms with Crippen molar-refractivity contribution < 1.29 is 15.0 Å². The van der Waals surface area contributed by atoms with Gasteiger partial charge in [-0.1, -0.05) is 164 Å². The van der Waals surface area contributed by atoms with E-state index in [4.69, 9.17) is 0 Å². The highest BCUT2D eigenvalue weighted by molar-refractivity contribution is 5.77. The van der Waals surface area contributed by atoms with E-state index in [9.17, 15) is 15.0 Å². The van der Waals surface area contributed by atoms with Crippen molar-refractivity contribution in [2.45, 2.75) is 161 Å². The van der Waals surface area contributed by atoms with E-state index >= 15 is 0 Å². The minimum Gasteiger partial charge on any atom is -0.394 e. The van der Waals surface area contributed by atoms with E-state index in [1.54, 1.807) is 0 Å². The molecule has 0 aliphatic rings. The Labute approximate surface area is 254 Å². The SMILES string of the molecule is CC/C=C\C/C=C\C/C=C\C/C=C\C/C=C\CC(=O)NC(CO)C(O)CCCCCCCCCCCCCCCC. The smallest absolute Gasteiger partial charge is 0.224 e. The van der Waals surface area contributed by atoms with Crippen molar-refractivity contribution in [1.29, 1.82) is 0 Å². The lowest BCUT2D eigenvalue weighted by Gasteiger charge is -2.22. The van der Waals surface area contributed by atoms with Crippen LogP contribution in [0.25, 0.3) is 0 Å². The number of carbonyl (C=O) groups is 1. The van der Waals surface area contributed by atoms with Gasteiger partial charge in [0.15, 0.2) is 0 Å². The van der Waals surface area contributed by atoms with E-state index in [-0.39, 0.29) is 18.9 Å². The molecule has 0 aromatic heterocycles. The van der Waals surface area contributed by atoms with Gasteiger partial charge in [0.1, 0.15) is 0 Å². The number of amides is 1. The fourth-order valence-electron chi connectivity index (χ4n) is 4.72. The highest BCUT2D eigenvalue weighted by atomic mass is 16.3. The fraction of sp³-hybridized carbons (Fsp3) is 0.703. The molecule has 236 valence electrons. The van der Waals surface area contributed by atoms with Crippen LogP contribution in [0, 0.1) is 0 Å². The van der Waals surface area contributed by atoms with Crippen LogP contribution in [0.15, 0.2) is 60.8 Å². The second kappa shape index (κ2) is 32.6. The van der Waals surface area contributed by atoms with Gasteiger partial charge in [0, 0.05) is 6.42 Å². The quantitative estimate of drug-likeness (QED) is 0.0618. The number of rotatable bonds is 29. The standard InChI is InChI=1S/C37H65NO3/c1-3-5-7-9-11-13-15-17-19-21-23-25-27-29-31-33-37(41)38-35(34-39)36(40)32-30-28-26-24-22-20-18-16-14-12-10-8-6-4-2/h5,7,11,13,17,19,23,25,29,31,35-36,39-40H,3-4,6,8-10,12,14-16,18,20-22,24,26-28,30,32-34H2,1-2H3,(H,38,41)/b7-5-,13-11-,19-17-,25-23-,31-29-. The molecule has 0 aliphatic carbocycles. The summed E-state index contributed by atoms with van der Waals surface area (Å²) in [4.78, 5) is 12.2. The van der Waals surface area contributed by atoms with Crippen LogP contribution in [-0.2, 0) is 4.79 Å². The van der Waals surface area contributed by atoms with Gasteiger partial charge in [-0.2, -0.15) is 0 Å². The zero-order chi connectivity index (χ0) is 30.1. The van der Waals surface area contributed by atoms with Gasteiger partial charge >= 0.3 is 0 Å². The topological polar surface area (TPSA) is 69.6 Å². The summed E-state index contributed by atoms with van der Waals surface area (Å²) in [5, 5.41) is 22.9. The first-order valence-corrected chi connectivity index (χ1v) is 17.0. The van der Waals surface area contributed by atoms with Gasteiger partial charge in [-0.25, -0.2) is 0 Å². The second-order valence-corrected chi connectivity index (χ2v) is 11.2. The summed E-state index contributed by atoms with van der Waals surface area (Å²) >= 11 is 0. The van der Waals surface area contributed by atoms with Gasteiger partial charge in [-0.05, 0) is 38.5 Å². The molecule has 0 saturated carbocycles. The third-order valence-corrected chi connectivity index (χ3v) is 7.32. The maximum atomic E-state index is 12.2. The fourth-order valence-corrected chi connectivity index (χ4v) is 4.72. The first kappa shape index (κ1) is 39.1. The van der Waals surface area contributed by atoms with Crippen LogP contribution in [0.2, 0.25) is 0 Å². The Morgan fingerprint density at radius 2 is 0.976 bits per heavy atom. The Morgan fingerprint density at radius 3 is 1.39 bits per heavy atom. The summed E-state index contributed by atoms with van der Waals surface area (Å²) in [5.74, 6) is -0.162. The molecule has 0 rings (SSSR count). The molecule has 1 amide bonds. The van der Waals surface area contributed by atoms with E-state index in [0.717, 1.165) is 44.9 Å². The van der Waals surface area contributed by atoms with Gasteiger partial charge in [-0.3, -0.25) is 4.79 Å². The maximum absolute atomic E-state index is 12.2. The number of hydrogen-bond acceptors (Lipinski definition) is 3. The van der Waals surface area contributed by atoms with Crippen molar-refractivity contribution in [2.24, 2.45) is 0 Å². The van der Waals surface area contributed by atoms with E-state index in [1.807, 2.05) is 12.2 Å². The van der Waals surface area contributed by atoms with Crippen molar-refractivity contribution in [2.75, 3.05) is 6.61 Å². The first-order chi connectivity index (χ1) is 20.2.